The minimum absolute atomic E-state index is 0.348. The van der Waals surface area contributed by atoms with Crippen molar-refractivity contribution in [2.75, 3.05) is 13.7 Å². The standard InChI is InChI=1S/C23H24O4/c1-3-4-5-16-26-20-12-10-18(11-13-20)22-15-14-21(27-22)17-6-8-19(9-7-17)23(24)25-2/h6-15H,3-5,16H2,1-2H3. The summed E-state index contributed by atoms with van der Waals surface area (Å²) in [6.07, 6.45) is 3.46. The minimum atomic E-state index is -0.348. The average Bonchev–Trinajstić information content (AvgIpc) is 3.21. The molecule has 0 aliphatic rings. The van der Waals surface area contributed by atoms with E-state index in [1.807, 2.05) is 48.5 Å². The van der Waals surface area contributed by atoms with Crippen LogP contribution in [0.4, 0.5) is 0 Å². The lowest BCUT2D eigenvalue weighted by molar-refractivity contribution is 0.0600. The van der Waals surface area contributed by atoms with Crippen molar-refractivity contribution in [3.63, 3.8) is 0 Å². The van der Waals surface area contributed by atoms with Gasteiger partial charge in [0.2, 0.25) is 0 Å². The first-order valence-corrected chi connectivity index (χ1v) is 9.23. The van der Waals surface area contributed by atoms with Crippen molar-refractivity contribution in [3.05, 3.63) is 66.2 Å². The summed E-state index contributed by atoms with van der Waals surface area (Å²) in [4.78, 5) is 11.5. The quantitative estimate of drug-likeness (QED) is 0.365. The van der Waals surface area contributed by atoms with Crippen LogP contribution in [0.5, 0.6) is 5.75 Å². The molecule has 1 aromatic heterocycles. The van der Waals surface area contributed by atoms with Crippen LogP contribution in [-0.2, 0) is 4.74 Å². The number of ether oxygens (including phenoxy) is 2. The fraction of sp³-hybridized carbons (Fsp3) is 0.261. The molecule has 0 aliphatic heterocycles. The van der Waals surface area contributed by atoms with Crippen molar-refractivity contribution in [3.8, 4) is 28.4 Å². The van der Waals surface area contributed by atoms with Crippen LogP contribution in [0, 0.1) is 0 Å². The molecule has 140 valence electrons. The molecular weight excluding hydrogens is 340 g/mol. The topological polar surface area (TPSA) is 48.7 Å². The zero-order valence-electron chi connectivity index (χ0n) is 15.7. The average molecular weight is 364 g/mol. The second kappa shape index (κ2) is 9.08. The maximum Gasteiger partial charge on any atom is 0.337 e. The monoisotopic (exact) mass is 364 g/mol. The van der Waals surface area contributed by atoms with E-state index in [1.54, 1.807) is 12.1 Å². The molecule has 0 bridgehead atoms. The largest absolute Gasteiger partial charge is 0.494 e. The zero-order valence-corrected chi connectivity index (χ0v) is 15.7. The molecule has 0 spiro atoms. The second-order valence-corrected chi connectivity index (χ2v) is 6.31. The molecular formula is C23H24O4. The number of carbonyl (C=O) groups excluding carboxylic acids is 1. The number of benzene rings is 2. The van der Waals surface area contributed by atoms with Crippen LogP contribution in [0.1, 0.15) is 36.5 Å². The summed E-state index contributed by atoms with van der Waals surface area (Å²) in [6, 6.07) is 19.0. The van der Waals surface area contributed by atoms with Gasteiger partial charge in [-0.15, -0.1) is 0 Å². The lowest BCUT2D eigenvalue weighted by atomic mass is 10.1. The number of hydrogen-bond donors (Lipinski definition) is 0. The fourth-order valence-corrected chi connectivity index (χ4v) is 2.79. The summed E-state index contributed by atoms with van der Waals surface area (Å²) in [5, 5.41) is 0. The highest BCUT2D eigenvalue weighted by Crippen LogP contribution is 2.29. The molecule has 0 unspecified atom stereocenters. The van der Waals surface area contributed by atoms with Crippen molar-refractivity contribution in [1.82, 2.24) is 0 Å². The molecule has 4 heteroatoms. The first-order chi connectivity index (χ1) is 13.2. The normalized spacial score (nSPS) is 10.6. The van der Waals surface area contributed by atoms with Crippen LogP contribution >= 0.6 is 0 Å². The van der Waals surface area contributed by atoms with Gasteiger partial charge in [-0.1, -0.05) is 31.9 Å². The number of carbonyl (C=O) groups is 1. The predicted molar refractivity (Wildman–Crippen MR) is 106 cm³/mol. The molecule has 0 amide bonds. The highest BCUT2D eigenvalue weighted by molar-refractivity contribution is 5.89. The molecule has 0 aliphatic carbocycles. The molecule has 27 heavy (non-hydrogen) atoms. The third-order valence-electron chi connectivity index (χ3n) is 4.35. The van der Waals surface area contributed by atoms with Crippen molar-refractivity contribution in [2.45, 2.75) is 26.2 Å². The van der Waals surface area contributed by atoms with Crippen LogP contribution in [0.3, 0.4) is 0 Å². The number of rotatable bonds is 8. The Bertz CT molecular complexity index is 860. The maximum atomic E-state index is 11.5. The summed E-state index contributed by atoms with van der Waals surface area (Å²) < 4.78 is 16.4. The number of esters is 1. The van der Waals surface area contributed by atoms with E-state index in [2.05, 4.69) is 6.92 Å². The molecule has 0 N–H and O–H groups in total. The molecule has 0 saturated carbocycles. The van der Waals surface area contributed by atoms with E-state index in [9.17, 15) is 4.79 Å². The Morgan fingerprint density at radius 2 is 1.44 bits per heavy atom. The molecule has 3 rings (SSSR count). The van der Waals surface area contributed by atoms with E-state index in [1.165, 1.54) is 20.0 Å². The third-order valence-corrected chi connectivity index (χ3v) is 4.35. The summed E-state index contributed by atoms with van der Waals surface area (Å²) in [7, 11) is 1.37. The van der Waals surface area contributed by atoms with Gasteiger partial charge in [0, 0.05) is 11.1 Å². The van der Waals surface area contributed by atoms with Gasteiger partial charge in [-0.05, 0) is 55.0 Å². The van der Waals surface area contributed by atoms with Gasteiger partial charge in [0.1, 0.15) is 17.3 Å². The number of methoxy groups -OCH3 is 1. The molecule has 4 nitrogen and oxygen atoms in total. The van der Waals surface area contributed by atoms with Crippen LogP contribution < -0.4 is 4.74 Å². The summed E-state index contributed by atoms with van der Waals surface area (Å²) in [5.74, 6) is 2.07. The van der Waals surface area contributed by atoms with Crippen LogP contribution in [0.2, 0.25) is 0 Å². The van der Waals surface area contributed by atoms with Crippen molar-refractivity contribution in [1.29, 1.82) is 0 Å². The van der Waals surface area contributed by atoms with Gasteiger partial charge in [-0.2, -0.15) is 0 Å². The Labute approximate surface area is 159 Å². The summed E-state index contributed by atoms with van der Waals surface area (Å²) in [5.41, 5.74) is 2.42. The van der Waals surface area contributed by atoms with Gasteiger partial charge in [0.15, 0.2) is 0 Å². The van der Waals surface area contributed by atoms with Gasteiger partial charge in [-0.25, -0.2) is 4.79 Å². The minimum Gasteiger partial charge on any atom is -0.494 e. The molecule has 0 atom stereocenters. The summed E-state index contributed by atoms with van der Waals surface area (Å²) in [6.45, 7) is 2.93. The van der Waals surface area contributed by atoms with Crippen LogP contribution in [-0.4, -0.2) is 19.7 Å². The Kier molecular flexibility index (Phi) is 6.31. The second-order valence-electron chi connectivity index (χ2n) is 6.31. The third kappa shape index (κ3) is 4.79. The first-order valence-electron chi connectivity index (χ1n) is 9.23. The number of unbranched alkanes of at least 4 members (excludes halogenated alkanes) is 2. The molecule has 2 aromatic carbocycles. The SMILES string of the molecule is CCCCCOc1ccc(-c2ccc(-c3ccc(C(=O)OC)cc3)o2)cc1. The highest BCUT2D eigenvalue weighted by atomic mass is 16.5. The molecule has 0 radical (unpaired) electrons. The Balaban J connectivity index is 1.67. The van der Waals surface area contributed by atoms with Gasteiger partial charge < -0.3 is 13.9 Å². The van der Waals surface area contributed by atoms with E-state index in [0.717, 1.165) is 41.4 Å². The van der Waals surface area contributed by atoms with E-state index < -0.39 is 0 Å². The lowest BCUT2D eigenvalue weighted by Crippen LogP contribution is -2.00. The Morgan fingerprint density at radius 1 is 0.852 bits per heavy atom. The van der Waals surface area contributed by atoms with Gasteiger partial charge in [0.25, 0.3) is 0 Å². The van der Waals surface area contributed by atoms with Gasteiger partial charge >= 0.3 is 5.97 Å². The van der Waals surface area contributed by atoms with Crippen molar-refractivity contribution in [2.24, 2.45) is 0 Å². The van der Waals surface area contributed by atoms with Crippen LogP contribution in [0.25, 0.3) is 22.6 Å². The fourth-order valence-electron chi connectivity index (χ4n) is 2.79. The predicted octanol–water partition coefficient (Wildman–Crippen LogP) is 5.97. The smallest absolute Gasteiger partial charge is 0.337 e. The van der Waals surface area contributed by atoms with E-state index >= 15 is 0 Å². The van der Waals surface area contributed by atoms with Crippen molar-refractivity contribution >= 4 is 5.97 Å². The maximum absolute atomic E-state index is 11.5. The summed E-state index contributed by atoms with van der Waals surface area (Å²) >= 11 is 0. The number of hydrogen-bond acceptors (Lipinski definition) is 4. The zero-order chi connectivity index (χ0) is 19.1. The van der Waals surface area contributed by atoms with E-state index in [0.29, 0.717) is 5.56 Å². The van der Waals surface area contributed by atoms with Crippen molar-refractivity contribution < 1.29 is 18.7 Å². The first kappa shape index (κ1) is 18.8. The molecule has 0 fully saturated rings. The van der Waals surface area contributed by atoms with Gasteiger partial charge in [-0.3, -0.25) is 0 Å². The molecule has 3 aromatic rings. The van der Waals surface area contributed by atoms with E-state index in [4.69, 9.17) is 13.9 Å². The molecule has 0 saturated heterocycles. The van der Waals surface area contributed by atoms with Crippen LogP contribution in [0.15, 0.2) is 65.1 Å². The molecule has 1 heterocycles. The highest BCUT2D eigenvalue weighted by Gasteiger charge is 2.09. The van der Waals surface area contributed by atoms with E-state index in [-0.39, 0.29) is 5.97 Å². The van der Waals surface area contributed by atoms with Gasteiger partial charge in [0.05, 0.1) is 19.3 Å². The Morgan fingerprint density at radius 3 is 2.00 bits per heavy atom. The number of furan rings is 1. The Hall–Kier alpha value is -3.01. The lowest BCUT2D eigenvalue weighted by Gasteiger charge is -2.06.